The van der Waals surface area contributed by atoms with Gasteiger partial charge in [0.1, 0.15) is 0 Å². The number of halogens is 1. The standard InChI is InChI=1S/C18H17BrN4O4S2/c1-23(2)29(25,26)15-9-7-14(8-10-15)20-16(24)11-28-18-22-21-17(27-18)12-3-5-13(19)6-4-12/h3-10H,11H2,1-2H3,(H,20,24). The first-order chi connectivity index (χ1) is 13.8. The molecule has 0 aliphatic carbocycles. The average molecular weight is 497 g/mol. The van der Waals surface area contributed by atoms with Crippen LogP contribution in [0.15, 0.2) is 67.5 Å². The molecule has 29 heavy (non-hydrogen) atoms. The normalized spacial score (nSPS) is 11.6. The van der Waals surface area contributed by atoms with Crippen molar-refractivity contribution < 1.29 is 17.6 Å². The van der Waals surface area contributed by atoms with E-state index in [1.807, 2.05) is 24.3 Å². The van der Waals surface area contributed by atoms with Crippen LogP contribution in [0, 0.1) is 0 Å². The number of nitrogens with zero attached hydrogens (tertiary/aromatic N) is 3. The summed E-state index contributed by atoms with van der Waals surface area (Å²) in [5.74, 6) is 0.166. The van der Waals surface area contributed by atoms with Gasteiger partial charge in [-0.2, -0.15) is 0 Å². The summed E-state index contributed by atoms with van der Waals surface area (Å²) in [4.78, 5) is 12.3. The van der Waals surface area contributed by atoms with Crippen LogP contribution in [0.1, 0.15) is 0 Å². The first kappa shape index (κ1) is 21.5. The Labute approximate surface area is 180 Å². The third kappa shape index (κ3) is 5.44. The second-order valence-electron chi connectivity index (χ2n) is 6.03. The van der Waals surface area contributed by atoms with Gasteiger partial charge in [0.2, 0.25) is 21.8 Å². The van der Waals surface area contributed by atoms with Gasteiger partial charge in [-0.25, -0.2) is 12.7 Å². The van der Waals surface area contributed by atoms with Gasteiger partial charge in [-0.3, -0.25) is 4.79 Å². The summed E-state index contributed by atoms with van der Waals surface area (Å²) < 4.78 is 31.7. The number of carbonyl (C=O) groups is 1. The molecule has 152 valence electrons. The second kappa shape index (κ2) is 9.08. The SMILES string of the molecule is CN(C)S(=O)(=O)c1ccc(NC(=O)CSc2nnc(-c3ccc(Br)cc3)o2)cc1. The first-order valence-corrected chi connectivity index (χ1v) is 11.5. The Kier molecular flexibility index (Phi) is 6.73. The number of benzene rings is 2. The molecule has 0 bridgehead atoms. The van der Waals surface area contributed by atoms with E-state index in [-0.39, 0.29) is 21.8 Å². The van der Waals surface area contributed by atoms with Gasteiger partial charge >= 0.3 is 0 Å². The summed E-state index contributed by atoms with van der Waals surface area (Å²) >= 11 is 4.48. The van der Waals surface area contributed by atoms with Crippen molar-refractivity contribution in [2.75, 3.05) is 25.2 Å². The van der Waals surface area contributed by atoms with E-state index in [1.54, 1.807) is 0 Å². The minimum Gasteiger partial charge on any atom is -0.411 e. The molecule has 1 heterocycles. The van der Waals surface area contributed by atoms with Crippen molar-refractivity contribution >= 4 is 49.3 Å². The van der Waals surface area contributed by atoms with Gasteiger partial charge in [0.05, 0.1) is 10.6 Å². The zero-order valence-electron chi connectivity index (χ0n) is 15.5. The van der Waals surface area contributed by atoms with Crippen molar-refractivity contribution in [2.24, 2.45) is 0 Å². The third-order valence-electron chi connectivity index (χ3n) is 3.74. The lowest BCUT2D eigenvalue weighted by Crippen LogP contribution is -2.22. The topological polar surface area (TPSA) is 105 Å². The number of carbonyl (C=O) groups excluding carboxylic acids is 1. The fourth-order valence-electron chi connectivity index (χ4n) is 2.22. The third-order valence-corrected chi connectivity index (χ3v) is 6.92. The summed E-state index contributed by atoms with van der Waals surface area (Å²) in [7, 11) is -0.585. The number of rotatable bonds is 7. The van der Waals surface area contributed by atoms with E-state index in [2.05, 4.69) is 31.4 Å². The Morgan fingerprint density at radius 1 is 1.10 bits per heavy atom. The van der Waals surface area contributed by atoms with Gasteiger partial charge in [0, 0.05) is 29.8 Å². The van der Waals surface area contributed by atoms with Crippen molar-refractivity contribution in [2.45, 2.75) is 10.1 Å². The van der Waals surface area contributed by atoms with E-state index in [1.165, 1.54) is 38.4 Å². The van der Waals surface area contributed by atoms with Crippen LogP contribution in [0.3, 0.4) is 0 Å². The molecule has 0 aliphatic heterocycles. The van der Waals surface area contributed by atoms with E-state index in [4.69, 9.17) is 4.42 Å². The number of aromatic nitrogens is 2. The molecule has 0 radical (unpaired) electrons. The van der Waals surface area contributed by atoms with Gasteiger partial charge in [0.25, 0.3) is 5.22 Å². The molecule has 0 unspecified atom stereocenters. The summed E-state index contributed by atoms with van der Waals surface area (Å²) in [5, 5.41) is 10.9. The number of nitrogens with one attached hydrogen (secondary N) is 1. The molecule has 0 spiro atoms. The van der Waals surface area contributed by atoms with Crippen LogP contribution in [-0.2, 0) is 14.8 Å². The van der Waals surface area contributed by atoms with Gasteiger partial charge < -0.3 is 9.73 Å². The lowest BCUT2D eigenvalue weighted by Gasteiger charge is -2.11. The highest BCUT2D eigenvalue weighted by atomic mass is 79.9. The number of anilines is 1. The van der Waals surface area contributed by atoms with E-state index >= 15 is 0 Å². The van der Waals surface area contributed by atoms with Gasteiger partial charge in [-0.15, -0.1) is 10.2 Å². The highest BCUT2D eigenvalue weighted by molar-refractivity contribution is 9.10. The highest BCUT2D eigenvalue weighted by Gasteiger charge is 2.17. The quantitative estimate of drug-likeness (QED) is 0.499. The van der Waals surface area contributed by atoms with Crippen LogP contribution in [0.25, 0.3) is 11.5 Å². The molecule has 1 aromatic heterocycles. The molecule has 0 atom stereocenters. The van der Waals surface area contributed by atoms with E-state index in [0.29, 0.717) is 11.6 Å². The largest absolute Gasteiger partial charge is 0.411 e. The summed E-state index contributed by atoms with van der Waals surface area (Å²) in [6.45, 7) is 0. The molecule has 11 heteroatoms. The summed E-state index contributed by atoms with van der Waals surface area (Å²) in [5.41, 5.74) is 1.28. The van der Waals surface area contributed by atoms with Crippen molar-refractivity contribution in [1.29, 1.82) is 0 Å². The molecule has 1 amide bonds. The average Bonchev–Trinajstić information content (AvgIpc) is 3.16. The lowest BCUT2D eigenvalue weighted by molar-refractivity contribution is -0.113. The van der Waals surface area contributed by atoms with Crippen LogP contribution in [-0.4, -0.2) is 48.7 Å². The van der Waals surface area contributed by atoms with Crippen LogP contribution in [0.4, 0.5) is 5.69 Å². The molecule has 3 aromatic rings. The number of amides is 1. The Morgan fingerprint density at radius 2 is 1.76 bits per heavy atom. The predicted molar refractivity (Wildman–Crippen MR) is 114 cm³/mol. The molecule has 0 saturated heterocycles. The summed E-state index contributed by atoms with van der Waals surface area (Å²) in [6, 6.07) is 13.4. The maximum Gasteiger partial charge on any atom is 0.277 e. The van der Waals surface area contributed by atoms with Gasteiger partial charge in [-0.1, -0.05) is 27.7 Å². The minimum absolute atomic E-state index is 0.0692. The van der Waals surface area contributed by atoms with Crippen LogP contribution < -0.4 is 5.32 Å². The molecule has 0 aliphatic rings. The molecule has 3 rings (SSSR count). The Bertz CT molecular complexity index is 1100. The Morgan fingerprint density at radius 3 is 2.38 bits per heavy atom. The number of hydrogen-bond donors (Lipinski definition) is 1. The predicted octanol–water partition coefficient (Wildman–Crippen LogP) is 3.48. The van der Waals surface area contributed by atoms with Crippen LogP contribution >= 0.6 is 27.7 Å². The first-order valence-electron chi connectivity index (χ1n) is 8.30. The van der Waals surface area contributed by atoms with E-state index in [9.17, 15) is 13.2 Å². The van der Waals surface area contributed by atoms with Crippen LogP contribution in [0.5, 0.6) is 0 Å². The maximum atomic E-state index is 12.1. The second-order valence-corrected chi connectivity index (χ2v) is 10.0. The fraction of sp³-hybridized carbons (Fsp3) is 0.167. The fourth-order valence-corrected chi connectivity index (χ4v) is 3.95. The van der Waals surface area contributed by atoms with Crippen molar-refractivity contribution in [3.8, 4) is 11.5 Å². The Hall–Kier alpha value is -2.21. The maximum absolute atomic E-state index is 12.1. The van der Waals surface area contributed by atoms with Gasteiger partial charge in [0.15, 0.2) is 0 Å². The lowest BCUT2D eigenvalue weighted by atomic mass is 10.2. The molecule has 0 fully saturated rings. The molecule has 2 aromatic carbocycles. The zero-order valence-corrected chi connectivity index (χ0v) is 18.7. The number of thioether (sulfide) groups is 1. The molecule has 0 saturated carbocycles. The molecular weight excluding hydrogens is 480 g/mol. The molecule has 8 nitrogen and oxygen atoms in total. The van der Waals surface area contributed by atoms with E-state index in [0.717, 1.165) is 26.1 Å². The molecular formula is C18H17BrN4O4S2. The smallest absolute Gasteiger partial charge is 0.277 e. The summed E-state index contributed by atoms with van der Waals surface area (Å²) in [6.07, 6.45) is 0. The van der Waals surface area contributed by atoms with E-state index < -0.39 is 10.0 Å². The van der Waals surface area contributed by atoms with Crippen molar-refractivity contribution in [1.82, 2.24) is 14.5 Å². The number of sulfonamides is 1. The zero-order chi connectivity index (χ0) is 21.0. The monoisotopic (exact) mass is 496 g/mol. The van der Waals surface area contributed by atoms with Crippen molar-refractivity contribution in [3.63, 3.8) is 0 Å². The molecule has 1 N–H and O–H groups in total. The van der Waals surface area contributed by atoms with Gasteiger partial charge in [-0.05, 0) is 48.5 Å². The van der Waals surface area contributed by atoms with Crippen molar-refractivity contribution in [3.05, 3.63) is 53.0 Å². The van der Waals surface area contributed by atoms with Crippen LogP contribution in [0.2, 0.25) is 0 Å². The minimum atomic E-state index is -3.51. The highest BCUT2D eigenvalue weighted by Crippen LogP contribution is 2.24. The Balaban J connectivity index is 1.56. The number of hydrogen-bond acceptors (Lipinski definition) is 7.